The van der Waals surface area contributed by atoms with Gasteiger partial charge in [0.1, 0.15) is 0 Å². The molecule has 0 spiro atoms. The molecule has 1 heterocycles. The summed E-state index contributed by atoms with van der Waals surface area (Å²) in [5, 5.41) is 8.00. The van der Waals surface area contributed by atoms with Gasteiger partial charge < -0.3 is 10.1 Å². The van der Waals surface area contributed by atoms with E-state index in [0.717, 1.165) is 12.1 Å². The molecule has 1 unspecified atom stereocenters. The first-order valence-electron chi connectivity index (χ1n) is 5.16. The van der Waals surface area contributed by atoms with E-state index in [0.29, 0.717) is 11.7 Å². The lowest BCUT2D eigenvalue weighted by Gasteiger charge is -2.12. The average molecular weight is 243 g/mol. The number of anilines is 1. The van der Waals surface area contributed by atoms with Crippen LogP contribution in [0.1, 0.15) is 19.5 Å². The van der Waals surface area contributed by atoms with Crippen LogP contribution in [0.5, 0.6) is 0 Å². The van der Waals surface area contributed by atoms with Gasteiger partial charge in [-0.3, -0.25) is 5.32 Å². The lowest BCUT2D eigenvalue weighted by atomic mass is 10.4. The third-order valence-corrected chi connectivity index (χ3v) is 2.74. The summed E-state index contributed by atoms with van der Waals surface area (Å²) in [6.07, 6.45) is 0.875. The summed E-state index contributed by atoms with van der Waals surface area (Å²) >= 11 is 1.43. The van der Waals surface area contributed by atoms with E-state index >= 15 is 0 Å². The maximum absolute atomic E-state index is 11.5. The molecule has 1 atom stereocenters. The zero-order valence-corrected chi connectivity index (χ0v) is 10.6. The standard InChI is InChI=1S/C10H17N3O2S/c1-4-8-6-16-10(12-8)13-9(14)11-7(2)5-15-3/h6-7H,4-5H2,1-3H3,(H2,11,12,13,14). The minimum Gasteiger partial charge on any atom is -0.383 e. The molecule has 0 aromatic carbocycles. The van der Waals surface area contributed by atoms with E-state index in [-0.39, 0.29) is 12.1 Å². The smallest absolute Gasteiger partial charge is 0.321 e. The predicted octanol–water partition coefficient (Wildman–Crippen LogP) is 1.86. The van der Waals surface area contributed by atoms with Gasteiger partial charge in [0.25, 0.3) is 0 Å². The molecule has 1 rings (SSSR count). The number of amides is 2. The van der Waals surface area contributed by atoms with Crippen molar-refractivity contribution in [1.82, 2.24) is 10.3 Å². The predicted molar refractivity (Wildman–Crippen MR) is 65.0 cm³/mol. The van der Waals surface area contributed by atoms with Gasteiger partial charge in [-0.2, -0.15) is 0 Å². The monoisotopic (exact) mass is 243 g/mol. The minimum absolute atomic E-state index is 0.0180. The van der Waals surface area contributed by atoms with E-state index < -0.39 is 0 Å². The number of nitrogens with one attached hydrogen (secondary N) is 2. The number of hydrogen-bond donors (Lipinski definition) is 2. The third kappa shape index (κ3) is 4.16. The van der Waals surface area contributed by atoms with Crippen LogP contribution in [0.2, 0.25) is 0 Å². The van der Waals surface area contributed by atoms with Crippen molar-refractivity contribution in [3.8, 4) is 0 Å². The lowest BCUT2D eigenvalue weighted by Crippen LogP contribution is -2.38. The normalized spacial score (nSPS) is 12.2. The highest BCUT2D eigenvalue weighted by molar-refractivity contribution is 7.13. The Balaban J connectivity index is 2.39. The van der Waals surface area contributed by atoms with Crippen LogP contribution in [0.3, 0.4) is 0 Å². The zero-order valence-electron chi connectivity index (χ0n) is 9.74. The summed E-state index contributed by atoms with van der Waals surface area (Å²) in [6, 6.07) is -0.267. The first-order chi connectivity index (χ1) is 7.65. The van der Waals surface area contributed by atoms with Crippen molar-refractivity contribution in [1.29, 1.82) is 0 Å². The molecule has 0 aliphatic rings. The zero-order chi connectivity index (χ0) is 12.0. The van der Waals surface area contributed by atoms with E-state index in [1.807, 2.05) is 19.2 Å². The molecule has 0 radical (unpaired) electrons. The topological polar surface area (TPSA) is 63.2 Å². The second-order valence-corrected chi connectivity index (χ2v) is 4.31. The Kier molecular flexibility index (Phi) is 5.21. The first kappa shape index (κ1) is 12.9. The molecule has 1 aromatic heterocycles. The fourth-order valence-electron chi connectivity index (χ4n) is 1.18. The molecule has 1 aromatic rings. The molecule has 0 bridgehead atoms. The van der Waals surface area contributed by atoms with E-state index in [4.69, 9.17) is 4.74 Å². The fraction of sp³-hybridized carbons (Fsp3) is 0.600. The van der Waals surface area contributed by atoms with E-state index in [2.05, 4.69) is 15.6 Å². The number of nitrogens with zero attached hydrogens (tertiary/aromatic N) is 1. The van der Waals surface area contributed by atoms with E-state index in [1.54, 1.807) is 7.11 Å². The van der Waals surface area contributed by atoms with Gasteiger partial charge in [0.05, 0.1) is 18.3 Å². The summed E-state index contributed by atoms with van der Waals surface area (Å²) in [5.74, 6) is 0. The molecular formula is C10H17N3O2S. The Morgan fingerprint density at radius 3 is 3.00 bits per heavy atom. The summed E-state index contributed by atoms with van der Waals surface area (Å²) in [6.45, 7) is 4.40. The van der Waals surface area contributed by atoms with Crippen molar-refractivity contribution in [2.24, 2.45) is 0 Å². The van der Waals surface area contributed by atoms with Crippen molar-refractivity contribution in [2.45, 2.75) is 26.3 Å². The average Bonchev–Trinajstić information content (AvgIpc) is 2.65. The summed E-state index contributed by atoms with van der Waals surface area (Å²) < 4.78 is 4.92. The number of ether oxygens (including phenoxy) is 1. The highest BCUT2D eigenvalue weighted by Gasteiger charge is 2.08. The number of hydrogen-bond acceptors (Lipinski definition) is 4. The molecule has 16 heavy (non-hydrogen) atoms. The first-order valence-corrected chi connectivity index (χ1v) is 6.04. The van der Waals surface area contributed by atoms with Crippen LogP contribution in [0.25, 0.3) is 0 Å². The molecule has 0 aliphatic heterocycles. The van der Waals surface area contributed by atoms with Gasteiger partial charge in [-0.25, -0.2) is 9.78 Å². The number of thiazole rings is 1. The van der Waals surface area contributed by atoms with Crippen LogP contribution in [0.15, 0.2) is 5.38 Å². The SMILES string of the molecule is CCc1csc(NC(=O)NC(C)COC)n1. The summed E-state index contributed by atoms with van der Waals surface area (Å²) in [4.78, 5) is 15.7. The van der Waals surface area contributed by atoms with Crippen LogP contribution < -0.4 is 10.6 Å². The molecule has 2 amide bonds. The highest BCUT2D eigenvalue weighted by Crippen LogP contribution is 2.15. The largest absolute Gasteiger partial charge is 0.383 e. The molecule has 0 aliphatic carbocycles. The number of methoxy groups -OCH3 is 1. The fourth-order valence-corrected chi connectivity index (χ4v) is 1.96. The molecule has 0 saturated heterocycles. The van der Waals surface area contributed by atoms with Crippen molar-refractivity contribution in [3.63, 3.8) is 0 Å². The maximum atomic E-state index is 11.5. The van der Waals surface area contributed by atoms with Crippen LogP contribution in [-0.2, 0) is 11.2 Å². The quantitative estimate of drug-likeness (QED) is 0.829. The van der Waals surface area contributed by atoms with Crippen molar-refractivity contribution < 1.29 is 9.53 Å². The Morgan fingerprint density at radius 1 is 1.69 bits per heavy atom. The molecule has 0 fully saturated rings. The van der Waals surface area contributed by atoms with Crippen LogP contribution in [-0.4, -0.2) is 30.8 Å². The number of carbonyl (C=O) groups is 1. The number of aromatic nitrogens is 1. The number of carbonyl (C=O) groups excluding carboxylic acids is 1. The molecule has 90 valence electrons. The molecule has 5 nitrogen and oxygen atoms in total. The van der Waals surface area contributed by atoms with Crippen molar-refractivity contribution in [2.75, 3.05) is 19.0 Å². The van der Waals surface area contributed by atoms with Gasteiger partial charge in [-0.05, 0) is 13.3 Å². The number of urea groups is 1. The number of aryl methyl sites for hydroxylation is 1. The molecule has 2 N–H and O–H groups in total. The van der Waals surface area contributed by atoms with Crippen LogP contribution >= 0.6 is 11.3 Å². The summed E-state index contributed by atoms with van der Waals surface area (Å²) in [5.41, 5.74) is 0.991. The Bertz CT molecular complexity index is 341. The van der Waals surface area contributed by atoms with Crippen molar-refractivity contribution >= 4 is 22.5 Å². The Hall–Kier alpha value is -1.14. The van der Waals surface area contributed by atoms with Gasteiger partial charge >= 0.3 is 6.03 Å². The maximum Gasteiger partial charge on any atom is 0.321 e. The van der Waals surface area contributed by atoms with Gasteiger partial charge in [0.15, 0.2) is 5.13 Å². The Labute approximate surface area is 99.2 Å². The van der Waals surface area contributed by atoms with E-state index in [1.165, 1.54) is 11.3 Å². The van der Waals surface area contributed by atoms with Gasteiger partial charge in [0, 0.05) is 12.5 Å². The van der Waals surface area contributed by atoms with Crippen LogP contribution in [0.4, 0.5) is 9.93 Å². The number of rotatable bonds is 5. The summed E-state index contributed by atoms with van der Waals surface area (Å²) in [7, 11) is 1.60. The van der Waals surface area contributed by atoms with E-state index in [9.17, 15) is 4.79 Å². The van der Waals surface area contributed by atoms with Gasteiger partial charge in [-0.15, -0.1) is 11.3 Å². The minimum atomic E-state index is -0.249. The second-order valence-electron chi connectivity index (χ2n) is 3.45. The van der Waals surface area contributed by atoms with Crippen LogP contribution in [0, 0.1) is 0 Å². The Morgan fingerprint density at radius 2 is 2.44 bits per heavy atom. The molecule has 6 heteroatoms. The molecule has 0 saturated carbocycles. The van der Waals surface area contributed by atoms with Crippen molar-refractivity contribution in [3.05, 3.63) is 11.1 Å². The van der Waals surface area contributed by atoms with Gasteiger partial charge in [0.2, 0.25) is 0 Å². The molecular weight excluding hydrogens is 226 g/mol. The highest BCUT2D eigenvalue weighted by atomic mass is 32.1. The second kappa shape index (κ2) is 6.44. The lowest BCUT2D eigenvalue weighted by molar-refractivity contribution is 0.173. The third-order valence-electron chi connectivity index (χ3n) is 1.93. The van der Waals surface area contributed by atoms with Gasteiger partial charge in [-0.1, -0.05) is 6.92 Å².